The normalized spacial score (nSPS) is 11.3. The van der Waals surface area contributed by atoms with Gasteiger partial charge in [0.1, 0.15) is 0 Å². The van der Waals surface area contributed by atoms with Crippen molar-refractivity contribution in [3.63, 3.8) is 0 Å². The molecule has 19 heavy (non-hydrogen) atoms. The maximum atomic E-state index is 10.8. The van der Waals surface area contributed by atoms with Crippen molar-refractivity contribution in [3.8, 4) is 0 Å². The molecule has 0 N–H and O–H groups in total. The van der Waals surface area contributed by atoms with E-state index in [-0.39, 0.29) is 6.61 Å². The molecule has 0 aromatic heterocycles. The summed E-state index contributed by atoms with van der Waals surface area (Å²) in [5, 5.41) is 0. The first-order chi connectivity index (χ1) is 9.14. The third-order valence-corrected chi connectivity index (χ3v) is 4.43. The van der Waals surface area contributed by atoms with Crippen molar-refractivity contribution in [2.24, 2.45) is 0 Å². The summed E-state index contributed by atoms with van der Waals surface area (Å²) in [6.45, 7) is 10.9. The van der Waals surface area contributed by atoms with Gasteiger partial charge in [0.15, 0.2) is 0 Å². The second kappa shape index (κ2) is 11.1. The predicted octanol–water partition coefficient (Wildman–Crippen LogP) is 1.67. The lowest BCUT2D eigenvalue weighted by atomic mass is 10.5. The minimum absolute atomic E-state index is 0.264. The number of hydrogen-bond acceptors (Lipinski definition) is 6. The quantitative estimate of drug-likeness (QED) is 0.236. The van der Waals surface area contributed by atoms with E-state index in [0.717, 1.165) is 6.08 Å². The van der Waals surface area contributed by atoms with Crippen LogP contribution in [0.2, 0.25) is 0 Å². The molecule has 0 fully saturated rings. The average Bonchev–Trinajstić information content (AvgIpc) is 2.39. The Balaban J connectivity index is 4.09. The smallest absolute Gasteiger partial charge is 0.462 e. The van der Waals surface area contributed by atoms with Crippen molar-refractivity contribution in [3.05, 3.63) is 12.7 Å². The third-order valence-electron chi connectivity index (χ3n) is 1.94. The van der Waals surface area contributed by atoms with E-state index in [0.29, 0.717) is 32.8 Å². The van der Waals surface area contributed by atoms with Crippen molar-refractivity contribution in [2.75, 3.05) is 33.0 Å². The van der Waals surface area contributed by atoms with Crippen LogP contribution < -0.4 is 0 Å². The molecule has 0 aliphatic heterocycles. The van der Waals surface area contributed by atoms with Gasteiger partial charge in [-0.3, -0.25) is 0 Å². The van der Waals surface area contributed by atoms with Crippen LogP contribution in [0.25, 0.3) is 0 Å². The molecule has 0 heterocycles. The zero-order valence-corrected chi connectivity index (χ0v) is 13.0. The SMILES string of the molecule is C=CC(=O)OCCCO[Si](OCC)(OCC)OCC. The highest BCUT2D eigenvalue weighted by Crippen LogP contribution is 2.12. The fourth-order valence-corrected chi connectivity index (χ4v) is 3.22. The van der Waals surface area contributed by atoms with Gasteiger partial charge < -0.3 is 22.4 Å². The summed E-state index contributed by atoms with van der Waals surface area (Å²) in [5.74, 6) is -0.442. The Hall–Kier alpha value is -0.733. The maximum Gasteiger partial charge on any atom is 0.679 e. The van der Waals surface area contributed by atoms with Crippen LogP contribution in [-0.4, -0.2) is 48.1 Å². The molecule has 0 aliphatic rings. The Morgan fingerprint density at radius 3 is 1.95 bits per heavy atom. The lowest BCUT2D eigenvalue weighted by molar-refractivity contribution is -0.138. The molecule has 0 saturated carbocycles. The van der Waals surface area contributed by atoms with Crippen LogP contribution in [0, 0.1) is 0 Å². The molecule has 0 amide bonds. The fourth-order valence-electron chi connectivity index (χ4n) is 1.27. The zero-order valence-electron chi connectivity index (χ0n) is 12.0. The molecular formula is C12H24O6Si. The van der Waals surface area contributed by atoms with Gasteiger partial charge in [0.2, 0.25) is 0 Å². The van der Waals surface area contributed by atoms with E-state index in [1.807, 2.05) is 20.8 Å². The van der Waals surface area contributed by atoms with E-state index in [1.165, 1.54) is 0 Å². The van der Waals surface area contributed by atoms with Crippen LogP contribution in [0.5, 0.6) is 0 Å². The molecule has 7 heteroatoms. The second-order valence-corrected chi connectivity index (χ2v) is 5.53. The molecule has 112 valence electrons. The molecular weight excluding hydrogens is 268 g/mol. The highest BCUT2D eigenvalue weighted by molar-refractivity contribution is 6.53. The van der Waals surface area contributed by atoms with E-state index < -0.39 is 15.0 Å². The Labute approximate surface area is 116 Å². The Kier molecular flexibility index (Phi) is 10.7. The second-order valence-electron chi connectivity index (χ2n) is 3.37. The predicted molar refractivity (Wildman–Crippen MR) is 72.4 cm³/mol. The standard InChI is InChI=1S/C12H24O6Si/c1-5-12(13)14-10-9-11-18-19(15-6-2,16-7-3)17-8-4/h5H,1,6-11H2,2-4H3. The first kappa shape index (κ1) is 18.3. The molecule has 0 bridgehead atoms. The van der Waals surface area contributed by atoms with Gasteiger partial charge in [0.05, 0.1) is 6.61 Å². The van der Waals surface area contributed by atoms with Crippen molar-refractivity contribution >= 4 is 15.0 Å². The van der Waals surface area contributed by atoms with Gasteiger partial charge in [-0.1, -0.05) is 6.58 Å². The van der Waals surface area contributed by atoms with Gasteiger partial charge in [-0.15, -0.1) is 0 Å². The summed E-state index contributed by atoms with van der Waals surface area (Å²) < 4.78 is 27.0. The molecule has 0 aromatic rings. The number of ether oxygens (including phenoxy) is 1. The van der Waals surface area contributed by atoms with Crippen LogP contribution in [0.3, 0.4) is 0 Å². The summed E-state index contributed by atoms with van der Waals surface area (Å²) in [5.41, 5.74) is 0. The van der Waals surface area contributed by atoms with Crippen molar-refractivity contribution < 1.29 is 27.2 Å². The van der Waals surface area contributed by atoms with Gasteiger partial charge in [-0.05, 0) is 20.8 Å². The summed E-state index contributed by atoms with van der Waals surface area (Å²) in [6, 6.07) is 0. The van der Waals surface area contributed by atoms with Gasteiger partial charge in [-0.25, -0.2) is 4.79 Å². The maximum absolute atomic E-state index is 10.8. The van der Waals surface area contributed by atoms with Crippen LogP contribution in [-0.2, 0) is 27.2 Å². The minimum atomic E-state index is -3.04. The first-order valence-corrected chi connectivity index (χ1v) is 8.12. The van der Waals surface area contributed by atoms with Crippen LogP contribution in [0.1, 0.15) is 27.2 Å². The van der Waals surface area contributed by atoms with Gasteiger partial charge in [-0.2, -0.15) is 0 Å². The molecule has 0 unspecified atom stereocenters. The zero-order chi connectivity index (χ0) is 14.6. The van der Waals surface area contributed by atoms with Crippen LogP contribution in [0.15, 0.2) is 12.7 Å². The summed E-state index contributed by atoms with van der Waals surface area (Å²) in [6.07, 6.45) is 1.67. The van der Waals surface area contributed by atoms with E-state index in [2.05, 4.69) is 6.58 Å². The highest BCUT2D eigenvalue weighted by atomic mass is 28.4. The molecule has 0 atom stereocenters. The van der Waals surface area contributed by atoms with Gasteiger partial charge in [0.25, 0.3) is 0 Å². The number of carbonyl (C=O) groups is 1. The van der Waals surface area contributed by atoms with Crippen molar-refractivity contribution in [1.29, 1.82) is 0 Å². The van der Waals surface area contributed by atoms with Crippen molar-refractivity contribution in [2.45, 2.75) is 27.2 Å². The first-order valence-electron chi connectivity index (χ1n) is 6.49. The molecule has 0 radical (unpaired) electrons. The Morgan fingerprint density at radius 2 is 1.53 bits per heavy atom. The molecule has 6 nitrogen and oxygen atoms in total. The average molecular weight is 292 g/mol. The molecule has 0 rings (SSSR count). The summed E-state index contributed by atoms with van der Waals surface area (Å²) in [7, 11) is -3.04. The monoisotopic (exact) mass is 292 g/mol. The van der Waals surface area contributed by atoms with E-state index in [9.17, 15) is 4.79 Å². The fraction of sp³-hybridized carbons (Fsp3) is 0.750. The van der Waals surface area contributed by atoms with Gasteiger partial charge in [0, 0.05) is 38.9 Å². The Bertz CT molecular complexity index is 242. The number of esters is 1. The number of hydrogen-bond donors (Lipinski definition) is 0. The van der Waals surface area contributed by atoms with Crippen LogP contribution >= 0.6 is 0 Å². The lowest BCUT2D eigenvalue weighted by Crippen LogP contribution is -2.49. The number of carbonyl (C=O) groups excluding carboxylic acids is 1. The molecule has 0 spiro atoms. The molecule has 0 saturated heterocycles. The van der Waals surface area contributed by atoms with E-state index in [4.69, 9.17) is 22.4 Å². The van der Waals surface area contributed by atoms with Crippen molar-refractivity contribution in [1.82, 2.24) is 0 Å². The largest absolute Gasteiger partial charge is 0.679 e. The van der Waals surface area contributed by atoms with Crippen LogP contribution in [0.4, 0.5) is 0 Å². The highest BCUT2D eigenvalue weighted by Gasteiger charge is 2.44. The lowest BCUT2D eigenvalue weighted by Gasteiger charge is -2.26. The minimum Gasteiger partial charge on any atom is -0.462 e. The van der Waals surface area contributed by atoms with E-state index in [1.54, 1.807) is 0 Å². The summed E-state index contributed by atoms with van der Waals surface area (Å²) >= 11 is 0. The molecule has 0 aromatic carbocycles. The van der Waals surface area contributed by atoms with Gasteiger partial charge >= 0.3 is 15.0 Å². The van der Waals surface area contributed by atoms with E-state index >= 15 is 0 Å². The summed E-state index contributed by atoms with van der Waals surface area (Å²) in [4.78, 5) is 10.8. The topological polar surface area (TPSA) is 63.2 Å². The number of rotatable bonds is 12. The third kappa shape index (κ3) is 8.12. The Morgan fingerprint density at radius 1 is 1.00 bits per heavy atom. The molecule has 0 aliphatic carbocycles.